The van der Waals surface area contributed by atoms with Crippen molar-refractivity contribution in [1.29, 1.82) is 0 Å². The highest BCUT2D eigenvalue weighted by molar-refractivity contribution is 5.57. The van der Waals surface area contributed by atoms with E-state index in [9.17, 15) is 0 Å². The van der Waals surface area contributed by atoms with E-state index in [1.54, 1.807) is 11.1 Å². The van der Waals surface area contributed by atoms with Crippen molar-refractivity contribution in [3.05, 3.63) is 29.3 Å². The number of anilines is 1. The zero-order valence-electron chi connectivity index (χ0n) is 12.6. The van der Waals surface area contributed by atoms with Gasteiger partial charge in [-0.1, -0.05) is 26.0 Å². The summed E-state index contributed by atoms with van der Waals surface area (Å²) < 4.78 is 5.91. The molecule has 1 aromatic carbocycles. The molecule has 0 bridgehead atoms. The highest BCUT2D eigenvalue weighted by Crippen LogP contribution is 2.53. The van der Waals surface area contributed by atoms with Gasteiger partial charge in [-0.2, -0.15) is 0 Å². The third-order valence-electron chi connectivity index (χ3n) is 5.81. The van der Waals surface area contributed by atoms with Crippen LogP contribution in [-0.2, 0) is 17.6 Å². The second kappa shape index (κ2) is 4.49. The quantitative estimate of drug-likeness (QED) is 0.883. The molecule has 2 fully saturated rings. The van der Waals surface area contributed by atoms with Gasteiger partial charge in [0.05, 0.1) is 6.10 Å². The summed E-state index contributed by atoms with van der Waals surface area (Å²) in [6, 6.07) is 7.39. The third kappa shape index (κ3) is 1.74. The molecule has 1 heterocycles. The molecule has 1 saturated heterocycles. The predicted molar refractivity (Wildman–Crippen MR) is 82.1 cm³/mol. The van der Waals surface area contributed by atoms with E-state index < -0.39 is 0 Å². The highest BCUT2D eigenvalue weighted by atomic mass is 16.5. The lowest BCUT2D eigenvalue weighted by Crippen LogP contribution is -2.63. The Morgan fingerprint density at radius 1 is 1.20 bits per heavy atom. The van der Waals surface area contributed by atoms with Crippen molar-refractivity contribution in [2.75, 3.05) is 11.9 Å². The van der Waals surface area contributed by atoms with Crippen LogP contribution in [0.2, 0.25) is 0 Å². The molecule has 2 heteroatoms. The number of aryl methyl sites for hydroxylation is 1. The fourth-order valence-corrected chi connectivity index (χ4v) is 4.70. The smallest absolute Gasteiger partial charge is 0.0694 e. The summed E-state index contributed by atoms with van der Waals surface area (Å²) in [6.07, 6.45) is 6.89. The molecule has 20 heavy (non-hydrogen) atoms. The minimum absolute atomic E-state index is 0.262. The van der Waals surface area contributed by atoms with Gasteiger partial charge in [-0.3, -0.25) is 0 Å². The predicted octanol–water partition coefficient (Wildman–Crippen LogP) is 3.79. The summed E-state index contributed by atoms with van der Waals surface area (Å²) in [5, 5.41) is 3.89. The normalized spacial score (nSPS) is 34.0. The molecule has 1 aliphatic heterocycles. The first-order valence-corrected chi connectivity index (χ1v) is 8.17. The van der Waals surface area contributed by atoms with Crippen molar-refractivity contribution in [1.82, 2.24) is 0 Å². The summed E-state index contributed by atoms with van der Waals surface area (Å²) in [5.74, 6) is 0.712. The average Bonchev–Trinajstić information content (AvgIpc) is 2.92. The number of ether oxygens (including phenoxy) is 1. The van der Waals surface area contributed by atoms with Crippen molar-refractivity contribution >= 4 is 5.69 Å². The first-order valence-electron chi connectivity index (χ1n) is 8.17. The molecule has 108 valence electrons. The number of nitrogens with one attached hydrogen (secondary N) is 1. The molecule has 0 spiro atoms. The number of benzene rings is 1. The summed E-state index contributed by atoms with van der Waals surface area (Å²) in [7, 11) is 0. The van der Waals surface area contributed by atoms with Gasteiger partial charge in [0.1, 0.15) is 0 Å². The van der Waals surface area contributed by atoms with Crippen LogP contribution in [0, 0.1) is 11.3 Å². The van der Waals surface area contributed by atoms with Crippen molar-refractivity contribution in [3.63, 3.8) is 0 Å². The molecular weight excluding hydrogens is 246 g/mol. The van der Waals surface area contributed by atoms with Gasteiger partial charge >= 0.3 is 0 Å². The fourth-order valence-electron chi connectivity index (χ4n) is 4.70. The van der Waals surface area contributed by atoms with Crippen LogP contribution in [0.5, 0.6) is 0 Å². The van der Waals surface area contributed by atoms with Crippen LogP contribution >= 0.6 is 0 Å². The summed E-state index contributed by atoms with van der Waals surface area (Å²) in [5.41, 5.74) is 4.80. The third-order valence-corrected chi connectivity index (χ3v) is 5.81. The van der Waals surface area contributed by atoms with Gasteiger partial charge in [0.15, 0.2) is 0 Å². The maximum atomic E-state index is 5.91. The number of hydrogen-bond donors (Lipinski definition) is 1. The second-order valence-corrected chi connectivity index (χ2v) is 7.34. The number of rotatable bonds is 2. The maximum absolute atomic E-state index is 5.91. The van der Waals surface area contributed by atoms with Crippen LogP contribution in [0.3, 0.4) is 0 Å². The molecule has 1 aromatic rings. The van der Waals surface area contributed by atoms with Crippen molar-refractivity contribution < 1.29 is 4.74 Å². The second-order valence-electron chi connectivity index (χ2n) is 7.34. The van der Waals surface area contributed by atoms with Crippen molar-refractivity contribution in [2.24, 2.45) is 11.3 Å². The van der Waals surface area contributed by atoms with Crippen LogP contribution < -0.4 is 5.32 Å². The summed E-state index contributed by atoms with van der Waals surface area (Å²) in [6.45, 7) is 5.66. The lowest BCUT2D eigenvalue weighted by atomic mass is 9.57. The highest BCUT2D eigenvalue weighted by Gasteiger charge is 2.59. The SMILES string of the molecule is CC1(C)C(Nc2cccc3c2CCCC3)C2CCOC21. The summed E-state index contributed by atoms with van der Waals surface area (Å²) in [4.78, 5) is 0. The molecule has 2 aliphatic carbocycles. The monoisotopic (exact) mass is 271 g/mol. The van der Waals surface area contributed by atoms with Gasteiger partial charge in [0, 0.05) is 29.7 Å². The van der Waals surface area contributed by atoms with Gasteiger partial charge in [-0.15, -0.1) is 0 Å². The minimum Gasteiger partial charge on any atom is -0.381 e. The van der Waals surface area contributed by atoms with E-state index in [0.29, 0.717) is 18.1 Å². The Balaban J connectivity index is 1.60. The zero-order chi connectivity index (χ0) is 13.7. The van der Waals surface area contributed by atoms with E-state index in [4.69, 9.17) is 4.74 Å². The van der Waals surface area contributed by atoms with Gasteiger partial charge in [0.25, 0.3) is 0 Å². The van der Waals surface area contributed by atoms with E-state index >= 15 is 0 Å². The van der Waals surface area contributed by atoms with E-state index in [1.165, 1.54) is 37.8 Å². The van der Waals surface area contributed by atoms with Gasteiger partial charge in [-0.05, 0) is 49.3 Å². The zero-order valence-corrected chi connectivity index (χ0v) is 12.6. The maximum Gasteiger partial charge on any atom is 0.0694 e. The van der Waals surface area contributed by atoms with Gasteiger partial charge < -0.3 is 10.1 Å². The van der Waals surface area contributed by atoms with Gasteiger partial charge in [-0.25, -0.2) is 0 Å². The minimum atomic E-state index is 0.262. The van der Waals surface area contributed by atoms with Crippen LogP contribution in [0.1, 0.15) is 44.2 Å². The van der Waals surface area contributed by atoms with Crippen LogP contribution in [0.4, 0.5) is 5.69 Å². The van der Waals surface area contributed by atoms with Crippen LogP contribution in [0.15, 0.2) is 18.2 Å². The fraction of sp³-hybridized carbons (Fsp3) is 0.667. The summed E-state index contributed by atoms with van der Waals surface area (Å²) >= 11 is 0. The molecule has 2 nitrogen and oxygen atoms in total. The van der Waals surface area contributed by atoms with Gasteiger partial charge in [0.2, 0.25) is 0 Å². The number of hydrogen-bond acceptors (Lipinski definition) is 2. The average molecular weight is 271 g/mol. The molecule has 3 atom stereocenters. The molecule has 0 radical (unpaired) electrons. The lowest BCUT2D eigenvalue weighted by molar-refractivity contribution is -0.0923. The Hall–Kier alpha value is -1.02. The van der Waals surface area contributed by atoms with E-state index in [1.807, 2.05) is 0 Å². The van der Waals surface area contributed by atoms with E-state index in [-0.39, 0.29) is 5.41 Å². The Bertz CT molecular complexity index is 522. The molecule has 0 amide bonds. The van der Waals surface area contributed by atoms with Crippen LogP contribution in [-0.4, -0.2) is 18.8 Å². The van der Waals surface area contributed by atoms with Crippen LogP contribution in [0.25, 0.3) is 0 Å². The molecule has 3 aliphatic rings. The largest absolute Gasteiger partial charge is 0.381 e. The molecular formula is C18H25NO. The first-order chi connectivity index (χ1) is 9.68. The molecule has 0 aromatic heterocycles. The van der Waals surface area contributed by atoms with Crippen molar-refractivity contribution in [2.45, 2.75) is 58.1 Å². The topological polar surface area (TPSA) is 21.3 Å². The Morgan fingerprint density at radius 3 is 2.95 bits per heavy atom. The van der Waals surface area contributed by atoms with Crippen molar-refractivity contribution in [3.8, 4) is 0 Å². The number of fused-ring (bicyclic) bond motifs is 2. The first kappa shape index (κ1) is 12.7. The van der Waals surface area contributed by atoms with E-state index in [0.717, 1.165) is 6.61 Å². The molecule has 1 saturated carbocycles. The molecule has 4 rings (SSSR count). The lowest BCUT2D eigenvalue weighted by Gasteiger charge is -2.55. The van der Waals surface area contributed by atoms with E-state index in [2.05, 4.69) is 37.4 Å². The molecule has 1 N–H and O–H groups in total. The Morgan fingerprint density at radius 2 is 2.05 bits per heavy atom. The molecule has 3 unspecified atom stereocenters. The standard InChI is InChI=1S/C18H25NO/c1-18(2)16(14-10-11-20-17(14)18)19-15-9-5-7-12-6-3-4-8-13(12)15/h5,7,9,14,16-17,19H,3-4,6,8,10-11H2,1-2H3. The Kier molecular flexibility index (Phi) is 2.85. The Labute approximate surface area is 121 Å².